The number of primary amides is 1. The number of hydrogen-bond donors (Lipinski definition) is 6. The standard InChI is InChI=1S/C9H17N2O12P3/c10-8(13)9-11-4(2-19-9)6-1-5(12)7(21-6)3-20-24(14)22-25(15)23-26(16,17)18/h2,5-7,12,14,16-18,25-26H,1,3H2,(H2,10,13)/t5-,6+,7?,24?/m0/s1. The van der Waals surface area contributed by atoms with Crippen molar-refractivity contribution in [3.05, 3.63) is 17.8 Å². The molecule has 0 bridgehead atoms. The zero-order valence-electron chi connectivity index (χ0n) is 12.8. The van der Waals surface area contributed by atoms with Gasteiger partial charge in [0.25, 0.3) is 0 Å². The van der Waals surface area contributed by atoms with Crippen molar-refractivity contribution in [2.24, 2.45) is 5.73 Å². The van der Waals surface area contributed by atoms with Crippen molar-refractivity contribution < 1.29 is 56.3 Å². The summed E-state index contributed by atoms with van der Waals surface area (Å²) in [6.07, 6.45) is -1.40. The van der Waals surface area contributed by atoms with Gasteiger partial charge in [-0.3, -0.25) is 4.79 Å². The first-order valence-electron chi connectivity index (χ1n) is 6.84. The number of aliphatic hydroxyl groups excluding tert-OH is 1. The summed E-state index contributed by atoms with van der Waals surface area (Å²) in [5.41, 5.74) is 5.25. The maximum absolute atomic E-state index is 11.2. The molecule has 0 spiro atoms. The molecule has 0 radical (unpaired) electrons. The van der Waals surface area contributed by atoms with Crippen LogP contribution in [0.5, 0.6) is 0 Å². The van der Waals surface area contributed by atoms with Gasteiger partial charge < -0.3 is 5.73 Å². The molecule has 7 N–H and O–H groups in total. The third-order valence-corrected chi connectivity index (χ3v) is 6.36. The second-order valence-corrected chi connectivity index (χ2v) is 8.89. The van der Waals surface area contributed by atoms with Crippen LogP contribution in [0.25, 0.3) is 0 Å². The van der Waals surface area contributed by atoms with Crippen LogP contribution < -0.4 is 5.73 Å². The molecule has 26 heavy (non-hydrogen) atoms. The van der Waals surface area contributed by atoms with Crippen LogP contribution in [0, 0.1) is 0 Å². The summed E-state index contributed by atoms with van der Waals surface area (Å²) in [7, 11) is -11.4. The first kappa shape index (κ1) is 21.7. The van der Waals surface area contributed by atoms with Gasteiger partial charge in [0, 0.05) is 0 Å². The summed E-state index contributed by atoms with van der Waals surface area (Å²) in [6.45, 7) is -0.379. The molecule has 1 aromatic heterocycles. The number of hydrogen-bond acceptors (Lipinski definition) is 13. The van der Waals surface area contributed by atoms with Gasteiger partial charge in [-0.1, -0.05) is 0 Å². The Morgan fingerprint density at radius 2 is 2.19 bits per heavy atom. The fraction of sp³-hybridized carbons (Fsp3) is 0.556. The normalized spacial score (nSPS) is 26.6. The van der Waals surface area contributed by atoms with E-state index in [9.17, 15) is 19.4 Å². The van der Waals surface area contributed by atoms with Crippen LogP contribution in [-0.4, -0.2) is 54.4 Å². The molecule has 150 valence electrons. The first-order valence-corrected chi connectivity index (χ1v) is 10.9. The average Bonchev–Trinajstić information content (AvgIpc) is 3.09. The average molecular weight is 438 g/mol. The molecule has 0 aliphatic carbocycles. The van der Waals surface area contributed by atoms with E-state index < -0.39 is 49.2 Å². The summed E-state index contributed by atoms with van der Waals surface area (Å²) >= 11 is 0. The van der Waals surface area contributed by atoms with Crippen molar-refractivity contribution in [3.8, 4) is 0 Å². The second-order valence-electron chi connectivity index (χ2n) is 4.96. The molecule has 14 nitrogen and oxygen atoms in total. The summed E-state index contributed by atoms with van der Waals surface area (Å²) in [5.74, 6) is -1.18. The number of rotatable bonds is 9. The van der Waals surface area contributed by atoms with Crippen LogP contribution in [-0.2, 0) is 22.4 Å². The SMILES string of the molecule is NC(=O)c1nc([C@H]2C[C@H](O)C(COP(O)O[PH](=O)O[PH](O)(O)O)O2)co1. The number of aliphatic hydroxyl groups is 1. The number of carbonyl (C=O) groups is 1. The number of ether oxygens (including phenoxy) is 1. The quantitative estimate of drug-likeness (QED) is 0.255. The van der Waals surface area contributed by atoms with Crippen LogP contribution in [0.15, 0.2) is 10.7 Å². The van der Waals surface area contributed by atoms with Gasteiger partial charge in [-0.2, -0.15) is 0 Å². The summed E-state index contributed by atoms with van der Waals surface area (Å²) in [5, 5.41) is 9.94. The molecule has 17 heteroatoms. The molecule has 0 aromatic carbocycles. The molecule has 1 aliphatic rings. The van der Waals surface area contributed by atoms with Gasteiger partial charge >= 0.3 is 137 Å². The van der Waals surface area contributed by atoms with E-state index in [1.165, 1.54) is 0 Å². The third kappa shape index (κ3) is 6.54. The maximum atomic E-state index is 11.2. The van der Waals surface area contributed by atoms with Gasteiger partial charge in [-0.05, 0) is 0 Å². The number of amides is 1. The Kier molecular flexibility index (Phi) is 7.57. The molecule has 0 saturated carbocycles. The topological polar surface area (TPSA) is 224 Å². The predicted molar refractivity (Wildman–Crippen MR) is 84.5 cm³/mol. The minimum absolute atomic E-state index is 0.0936. The molecule has 1 aliphatic heterocycles. The Hall–Kier alpha value is -0.590. The van der Waals surface area contributed by atoms with E-state index in [4.69, 9.17) is 34.1 Å². The van der Waals surface area contributed by atoms with Gasteiger partial charge in [-0.25, -0.2) is 0 Å². The Bertz CT molecular complexity index is 650. The second kappa shape index (κ2) is 9.07. The van der Waals surface area contributed by atoms with E-state index in [-0.39, 0.29) is 24.6 Å². The third-order valence-electron chi connectivity index (χ3n) is 3.01. The van der Waals surface area contributed by atoms with Crippen molar-refractivity contribution in [2.45, 2.75) is 24.7 Å². The first-order chi connectivity index (χ1) is 12.0. The monoisotopic (exact) mass is 438 g/mol. The Morgan fingerprint density at radius 3 is 2.77 bits per heavy atom. The Morgan fingerprint density at radius 1 is 1.50 bits per heavy atom. The van der Waals surface area contributed by atoms with Crippen LogP contribution in [0.1, 0.15) is 28.9 Å². The number of nitrogens with zero attached hydrogens (tertiary/aromatic N) is 1. The van der Waals surface area contributed by atoms with Crippen molar-refractivity contribution in [2.75, 3.05) is 6.61 Å². The van der Waals surface area contributed by atoms with Crippen LogP contribution >= 0.6 is 25.0 Å². The van der Waals surface area contributed by atoms with Gasteiger partial charge in [0.15, 0.2) is 0 Å². The van der Waals surface area contributed by atoms with Crippen molar-refractivity contribution in [3.63, 3.8) is 0 Å². The number of oxazole rings is 1. The van der Waals surface area contributed by atoms with E-state index >= 15 is 0 Å². The van der Waals surface area contributed by atoms with Crippen LogP contribution in [0.4, 0.5) is 0 Å². The van der Waals surface area contributed by atoms with E-state index in [1.54, 1.807) is 0 Å². The van der Waals surface area contributed by atoms with Crippen molar-refractivity contribution >= 4 is 30.9 Å². The molecular formula is C9H17N2O12P3. The zero-order valence-corrected chi connectivity index (χ0v) is 15.7. The zero-order chi connectivity index (χ0) is 19.5. The van der Waals surface area contributed by atoms with Crippen molar-refractivity contribution in [1.29, 1.82) is 0 Å². The van der Waals surface area contributed by atoms with Crippen LogP contribution in [0.2, 0.25) is 0 Å². The summed E-state index contributed by atoms with van der Waals surface area (Å²) in [6, 6.07) is 0. The molecule has 1 fully saturated rings. The molecule has 2 heterocycles. The Labute approximate surface area is 148 Å². The van der Waals surface area contributed by atoms with Crippen molar-refractivity contribution in [1.82, 2.24) is 4.98 Å². The molecule has 1 aromatic rings. The predicted octanol–water partition coefficient (Wildman–Crippen LogP) is -0.990. The van der Waals surface area contributed by atoms with E-state index in [0.29, 0.717) is 0 Å². The van der Waals surface area contributed by atoms with Gasteiger partial charge in [0.2, 0.25) is 0 Å². The van der Waals surface area contributed by atoms with E-state index in [0.717, 1.165) is 6.26 Å². The molecule has 1 saturated heterocycles. The number of nitrogens with two attached hydrogens (primary N) is 1. The molecular weight excluding hydrogens is 421 g/mol. The number of carbonyl (C=O) groups excluding carboxylic acids is 1. The molecule has 2 rings (SSSR count). The molecule has 5 atom stereocenters. The fourth-order valence-corrected chi connectivity index (χ4v) is 4.35. The molecule has 1 amide bonds. The minimum atomic E-state index is -5.06. The number of aromatic nitrogens is 1. The molecule has 3 unspecified atom stereocenters. The van der Waals surface area contributed by atoms with E-state index in [1.807, 2.05) is 0 Å². The van der Waals surface area contributed by atoms with Gasteiger partial charge in [0.1, 0.15) is 0 Å². The van der Waals surface area contributed by atoms with Crippen LogP contribution in [0.3, 0.4) is 0 Å². The van der Waals surface area contributed by atoms with E-state index in [2.05, 4.69) is 13.6 Å². The summed E-state index contributed by atoms with van der Waals surface area (Å²) in [4.78, 5) is 49.9. The summed E-state index contributed by atoms with van der Waals surface area (Å²) < 4.78 is 34.5. The van der Waals surface area contributed by atoms with Gasteiger partial charge in [-0.15, -0.1) is 0 Å². The Balaban J connectivity index is 1.81. The van der Waals surface area contributed by atoms with Gasteiger partial charge in [0.05, 0.1) is 0 Å². The fourth-order valence-electron chi connectivity index (χ4n) is 1.97.